The molecule has 0 aromatic heterocycles. The predicted octanol–water partition coefficient (Wildman–Crippen LogP) is 2.00. The van der Waals surface area contributed by atoms with Gasteiger partial charge in [0.15, 0.2) is 0 Å². The van der Waals surface area contributed by atoms with E-state index in [4.69, 9.17) is 15.6 Å². The standard InChI is InChI=1S/C8H10O.C6H8N2O2S/c1-2-9-8-6-4-3-5-7-8;7-5-1-3-6(4-2-5)11(8,9)10/h3-7H,2H2,1H3;1-4H,7H2,(H2,8,9,10). The lowest BCUT2D eigenvalue weighted by atomic mass is 10.3. The van der Waals surface area contributed by atoms with Gasteiger partial charge in [-0.05, 0) is 43.3 Å². The van der Waals surface area contributed by atoms with Gasteiger partial charge in [0.25, 0.3) is 0 Å². The van der Waals surface area contributed by atoms with Gasteiger partial charge in [0.05, 0.1) is 11.5 Å². The maximum Gasteiger partial charge on any atom is 0.238 e. The lowest BCUT2D eigenvalue weighted by Crippen LogP contribution is -2.11. The van der Waals surface area contributed by atoms with E-state index in [0.717, 1.165) is 12.4 Å². The summed E-state index contributed by atoms with van der Waals surface area (Å²) in [6.07, 6.45) is 0. The third-order valence-corrected chi connectivity index (χ3v) is 3.19. The van der Waals surface area contributed by atoms with Crippen molar-refractivity contribution < 1.29 is 13.2 Å². The number of nitrogens with two attached hydrogens (primary N) is 2. The second-order valence-corrected chi connectivity index (χ2v) is 5.42. The van der Waals surface area contributed by atoms with Crippen molar-refractivity contribution in [1.29, 1.82) is 0 Å². The summed E-state index contributed by atoms with van der Waals surface area (Å²) < 4.78 is 26.6. The van der Waals surface area contributed by atoms with E-state index in [-0.39, 0.29) is 4.90 Å². The second-order valence-electron chi connectivity index (χ2n) is 3.86. The zero-order valence-electron chi connectivity index (χ0n) is 11.2. The molecule has 0 saturated carbocycles. The molecule has 4 N–H and O–H groups in total. The fourth-order valence-corrected chi connectivity index (χ4v) is 1.86. The molecule has 0 bridgehead atoms. The molecule has 0 radical (unpaired) electrons. The van der Waals surface area contributed by atoms with Crippen LogP contribution in [0.25, 0.3) is 0 Å². The molecule has 0 atom stereocenters. The number of anilines is 1. The normalized spacial score (nSPS) is 10.3. The summed E-state index contributed by atoms with van der Waals surface area (Å²) in [5.41, 5.74) is 5.85. The molecule has 2 aromatic carbocycles. The molecule has 2 rings (SSSR count). The first kappa shape index (κ1) is 16.0. The molecule has 0 spiro atoms. The minimum Gasteiger partial charge on any atom is -0.494 e. The van der Waals surface area contributed by atoms with Crippen LogP contribution in [0, 0.1) is 0 Å². The summed E-state index contributed by atoms with van der Waals surface area (Å²) >= 11 is 0. The Balaban J connectivity index is 0.000000204. The minimum atomic E-state index is -3.58. The van der Waals surface area contributed by atoms with Crippen molar-refractivity contribution in [1.82, 2.24) is 0 Å². The number of benzene rings is 2. The van der Waals surface area contributed by atoms with Crippen molar-refractivity contribution in [3.8, 4) is 5.75 Å². The van der Waals surface area contributed by atoms with E-state index in [0.29, 0.717) is 5.69 Å². The molecule has 0 saturated heterocycles. The summed E-state index contributed by atoms with van der Waals surface area (Å²) in [7, 11) is -3.58. The number of sulfonamides is 1. The van der Waals surface area contributed by atoms with Crippen molar-refractivity contribution in [2.45, 2.75) is 11.8 Å². The van der Waals surface area contributed by atoms with E-state index in [1.807, 2.05) is 37.3 Å². The van der Waals surface area contributed by atoms with Gasteiger partial charge in [-0.25, -0.2) is 13.6 Å². The van der Waals surface area contributed by atoms with Crippen LogP contribution in [0.2, 0.25) is 0 Å². The largest absolute Gasteiger partial charge is 0.494 e. The fraction of sp³-hybridized carbons (Fsp3) is 0.143. The summed E-state index contributed by atoms with van der Waals surface area (Å²) in [6, 6.07) is 15.5. The van der Waals surface area contributed by atoms with Crippen molar-refractivity contribution in [2.75, 3.05) is 12.3 Å². The van der Waals surface area contributed by atoms with Gasteiger partial charge in [0.2, 0.25) is 10.0 Å². The third kappa shape index (κ3) is 5.73. The third-order valence-electron chi connectivity index (χ3n) is 2.26. The Morgan fingerprint density at radius 1 is 1.00 bits per heavy atom. The van der Waals surface area contributed by atoms with Gasteiger partial charge in [-0.3, -0.25) is 0 Å². The molecule has 0 heterocycles. The Morgan fingerprint density at radius 3 is 2.00 bits per heavy atom. The average Bonchev–Trinajstić information content (AvgIpc) is 2.40. The predicted molar refractivity (Wildman–Crippen MR) is 79.8 cm³/mol. The molecule has 0 aliphatic heterocycles. The quantitative estimate of drug-likeness (QED) is 0.846. The first-order valence-corrected chi connectivity index (χ1v) is 7.54. The molecule has 6 heteroatoms. The SMILES string of the molecule is CCOc1ccccc1.Nc1ccc(S(N)(=O)=O)cc1. The number of ether oxygens (including phenoxy) is 1. The van der Waals surface area contributed by atoms with Gasteiger partial charge >= 0.3 is 0 Å². The second kappa shape index (κ2) is 7.52. The highest BCUT2D eigenvalue weighted by Crippen LogP contribution is 2.09. The number of hydrogen-bond acceptors (Lipinski definition) is 4. The topological polar surface area (TPSA) is 95.4 Å². The maximum absolute atomic E-state index is 10.7. The van der Waals surface area contributed by atoms with Gasteiger partial charge in [-0.2, -0.15) is 0 Å². The first-order valence-electron chi connectivity index (χ1n) is 5.99. The summed E-state index contributed by atoms with van der Waals surface area (Å²) in [5, 5.41) is 4.84. The van der Waals surface area contributed by atoms with E-state index in [9.17, 15) is 8.42 Å². The zero-order chi connectivity index (χ0) is 15.0. The zero-order valence-corrected chi connectivity index (χ0v) is 12.0. The highest BCUT2D eigenvalue weighted by molar-refractivity contribution is 7.89. The molecule has 0 fully saturated rings. The van der Waals surface area contributed by atoms with E-state index < -0.39 is 10.0 Å². The molecule has 2 aromatic rings. The molecule has 5 nitrogen and oxygen atoms in total. The van der Waals surface area contributed by atoms with Crippen LogP contribution < -0.4 is 15.6 Å². The molecule has 0 amide bonds. The van der Waals surface area contributed by atoms with Crippen LogP contribution >= 0.6 is 0 Å². The van der Waals surface area contributed by atoms with Crippen LogP contribution in [-0.2, 0) is 10.0 Å². The molecular formula is C14H18N2O3S. The van der Waals surface area contributed by atoms with Gasteiger partial charge in [0.1, 0.15) is 5.75 Å². The highest BCUT2D eigenvalue weighted by atomic mass is 32.2. The van der Waals surface area contributed by atoms with E-state index >= 15 is 0 Å². The van der Waals surface area contributed by atoms with Crippen LogP contribution in [0.1, 0.15) is 6.92 Å². The fourth-order valence-electron chi connectivity index (χ4n) is 1.34. The number of primary sulfonamides is 1. The Kier molecular flexibility index (Phi) is 6.02. The molecule has 108 valence electrons. The number of rotatable bonds is 3. The van der Waals surface area contributed by atoms with Crippen molar-refractivity contribution in [3.63, 3.8) is 0 Å². The molecule has 0 aliphatic rings. The first-order chi connectivity index (χ1) is 9.43. The molecule has 0 aliphatic carbocycles. The van der Waals surface area contributed by atoms with Gasteiger partial charge in [-0.15, -0.1) is 0 Å². The van der Waals surface area contributed by atoms with Gasteiger partial charge in [0, 0.05) is 5.69 Å². The highest BCUT2D eigenvalue weighted by Gasteiger charge is 2.04. The molecule has 0 unspecified atom stereocenters. The average molecular weight is 294 g/mol. The summed E-state index contributed by atoms with van der Waals surface area (Å²) in [5.74, 6) is 0.944. The van der Waals surface area contributed by atoms with Crippen LogP contribution in [-0.4, -0.2) is 15.0 Å². The summed E-state index contributed by atoms with van der Waals surface area (Å²) in [4.78, 5) is 0.0756. The lowest BCUT2D eigenvalue weighted by Gasteiger charge is -1.99. The smallest absolute Gasteiger partial charge is 0.238 e. The number of hydrogen-bond donors (Lipinski definition) is 2. The number of para-hydroxylation sites is 1. The van der Waals surface area contributed by atoms with E-state index in [2.05, 4.69) is 0 Å². The van der Waals surface area contributed by atoms with E-state index in [1.54, 1.807) is 0 Å². The van der Waals surface area contributed by atoms with Crippen molar-refractivity contribution in [2.24, 2.45) is 5.14 Å². The van der Waals surface area contributed by atoms with Crippen molar-refractivity contribution in [3.05, 3.63) is 54.6 Å². The van der Waals surface area contributed by atoms with Gasteiger partial charge in [-0.1, -0.05) is 18.2 Å². The Labute approximate surface area is 119 Å². The van der Waals surface area contributed by atoms with E-state index in [1.165, 1.54) is 24.3 Å². The maximum atomic E-state index is 10.7. The van der Waals surface area contributed by atoms with Crippen molar-refractivity contribution >= 4 is 15.7 Å². The Bertz CT molecular complexity index is 611. The molecule has 20 heavy (non-hydrogen) atoms. The Morgan fingerprint density at radius 2 is 1.55 bits per heavy atom. The number of nitrogen functional groups attached to an aromatic ring is 1. The Hall–Kier alpha value is -2.05. The summed E-state index contributed by atoms with van der Waals surface area (Å²) in [6.45, 7) is 2.72. The van der Waals surface area contributed by atoms with Crippen LogP contribution in [0.5, 0.6) is 5.75 Å². The monoisotopic (exact) mass is 294 g/mol. The van der Waals surface area contributed by atoms with Crippen LogP contribution in [0.4, 0.5) is 5.69 Å². The lowest BCUT2D eigenvalue weighted by molar-refractivity contribution is 0.340. The van der Waals surface area contributed by atoms with Crippen LogP contribution in [0.15, 0.2) is 59.5 Å². The minimum absolute atomic E-state index is 0.0756. The van der Waals surface area contributed by atoms with Gasteiger partial charge < -0.3 is 10.5 Å². The molecular weight excluding hydrogens is 276 g/mol. The van der Waals surface area contributed by atoms with Crippen LogP contribution in [0.3, 0.4) is 0 Å².